The van der Waals surface area contributed by atoms with Gasteiger partial charge < -0.3 is 28.4 Å². The van der Waals surface area contributed by atoms with Gasteiger partial charge in [0.2, 0.25) is 5.78 Å². The summed E-state index contributed by atoms with van der Waals surface area (Å²) in [5.41, 5.74) is 1.20. The molecule has 4 rings (SSSR count). The van der Waals surface area contributed by atoms with Crippen LogP contribution in [0.3, 0.4) is 0 Å². The molecule has 0 saturated heterocycles. The lowest BCUT2D eigenvalue weighted by Gasteiger charge is -2.12. The molecule has 0 spiro atoms. The summed E-state index contributed by atoms with van der Waals surface area (Å²) in [5.74, 6) is 1.54. The molecular weight excluding hydrogens is 440 g/mol. The number of fused-ring (bicyclic) bond motifs is 1. The number of Topliss-reactive ketones (excluding diaryl/α,β-unsaturated/α-hetero) is 1. The Balaban J connectivity index is 1.61. The van der Waals surface area contributed by atoms with Crippen molar-refractivity contribution in [1.29, 1.82) is 0 Å². The standard InChI is InChI=1S/C26H22O8/c1-29-19-8-6-5-7-18(19)26(28)33-16-9-10-17-21(13-16)34-24(25(17)27)12-15-11-22(31-3)23(32-4)14-20(15)30-2/h5-14H,1-4H3. The van der Waals surface area contributed by atoms with Gasteiger partial charge in [0, 0.05) is 17.7 Å². The second-order valence-corrected chi connectivity index (χ2v) is 7.14. The topological polar surface area (TPSA) is 89.5 Å². The molecule has 8 heteroatoms. The molecule has 1 heterocycles. The highest BCUT2D eigenvalue weighted by Gasteiger charge is 2.29. The molecule has 0 bridgehead atoms. The van der Waals surface area contributed by atoms with Gasteiger partial charge in [-0.2, -0.15) is 0 Å². The van der Waals surface area contributed by atoms with Gasteiger partial charge in [-0.15, -0.1) is 0 Å². The lowest BCUT2D eigenvalue weighted by atomic mass is 10.1. The number of rotatable bonds is 7. The Bertz CT molecular complexity index is 1290. The van der Waals surface area contributed by atoms with Gasteiger partial charge >= 0.3 is 5.97 Å². The van der Waals surface area contributed by atoms with E-state index in [9.17, 15) is 9.59 Å². The first-order valence-corrected chi connectivity index (χ1v) is 10.2. The summed E-state index contributed by atoms with van der Waals surface area (Å²) in [6, 6.07) is 14.7. The van der Waals surface area contributed by atoms with Crippen molar-refractivity contribution < 1.29 is 38.0 Å². The zero-order valence-corrected chi connectivity index (χ0v) is 19.0. The SMILES string of the molecule is COc1cc(OC)c(OC)cc1C=C1Oc2cc(OC(=O)c3ccccc3OC)ccc2C1=O. The fourth-order valence-corrected chi connectivity index (χ4v) is 3.51. The maximum Gasteiger partial charge on any atom is 0.347 e. The number of ketones is 1. The number of para-hydroxylation sites is 1. The Labute approximate surface area is 196 Å². The summed E-state index contributed by atoms with van der Waals surface area (Å²) in [6.45, 7) is 0. The zero-order valence-electron chi connectivity index (χ0n) is 19.0. The van der Waals surface area contributed by atoms with Crippen molar-refractivity contribution in [3.8, 4) is 34.5 Å². The second kappa shape index (κ2) is 9.58. The molecule has 0 saturated carbocycles. The molecule has 3 aromatic carbocycles. The zero-order chi connectivity index (χ0) is 24.2. The Hall–Kier alpha value is -4.46. The number of allylic oxidation sites excluding steroid dienone is 1. The summed E-state index contributed by atoms with van der Waals surface area (Å²) in [5, 5.41) is 0. The van der Waals surface area contributed by atoms with Gasteiger partial charge in [-0.3, -0.25) is 4.79 Å². The van der Waals surface area contributed by atoms with E-state index in [1.807, 2.05) is 0 Å². The number of ether oxygens (including phenoxy) is 6. The molecule has 34 heavy (non-hydrogen) atoms. The largest absolute Gasteiger partial charge is 0.496 e. The van der Waals surface area contributed by atoms with E-state index in [1.165, 1.54) is 40.6 Å². The fourth-order valence-electron chi connectivity index (χ4n) is 3.51. The number of carbonyl (C=O) groups excluding carboxylic acids is 2. The van der Waals surface area contributed by atoms with Gasteiger partial charge in [0.15, 0.2) is 17.3 Å². The van der Waals surface area contributed by atoms with E-state index in [1.54, 1.807) is 48.5 Å². The quantitative estimate of drug-likeness (QED) is 0.287. The van der Waals surface area contributed by atoms with Gasteiger partial charge in [0.1, 0.15) is 28.6 Å². The highest BCUT2D eigenvalue weighted by atomic mass is 16.5. The first-order valence-electron chi connectivity index (χ1n) is 10.2. The third kappa shape index (κ3) is 4.25. The van der Waals surface area contributed by atoms with Crippen molar-refractivity contribution in [3.05, 3.63) is 77.0 Å². The van der Waals surface area contributed by atoms with Crippen LogP contribution in [0.1, 0.15) is 26.3 Å². The molecule has 0 N–H and O–H groups in total. The second-order valence-electron chi connectivity index (χ2n) is 7.14. The minimum absolute atomic E-state index is 0.0914. The molecule has 0 amide bonds. The number of esters is 1. The number of methoxy groups -OCH3 is 4. The van der Waals surface area contributed by atoms with Crippen LogP contribution < -0.4 is 28.4 Å². The van der Waals surface area contributed by atoms with Crippen LogP contribution in [0.5, 0.6) is 34.5 Å². The molecule has 3 aromatic rings. The van der Waals surface area contributed by atoms with Crippen molar-refractivity contribution in [2.75, 3.05) is 28.4 Å². The smallest absolute Gasteiger partial charge is 0.347 e. The van der Waals surface area contributed by atoms with Crippen molar-refractivity contribution in [3.63, 3.8) is 0 Å². The summed E-state index contributed by atoms with van der Waals surface area (Å²) >= 11 is 0. The molecule has 1 aliphatic heterocycles. The van der Waals surface area contributed by atoms with Gasteiger partial charge in [-0.1, -0.05) is 12.1 Å². The van der Waals surface area contributed by atoms with E-state index in [4.69, 9.17) is 28.4 Å². The van der Waals surface area contributed by atoms with Crippen LogP contribution in [-0.2, 0) is 0 Å². The summed E-state index contributed by atoms with van der Waals surface area (Å²) in [6.07, 6.45) is 1.56. The van der Waals surface area contributed by atoms with Crippen LogP contribution in [0.25, 0.3) is 6.08 Å². The van der Waals surface area contributed by atoms with E-state index in [2.05, 4.69) is 0 Å². The van der Waals surface area contributed by atoms with Crippen LogP contribution in [0.2, 0.25) is 0 Å². The highest BCUT2D eigenvalue weighted by molar-refractivity contribution is 6.14. The van der Waals surface area contributed by atoms with Crippen molar-refractivity contribution in [2.24, 2.45) is 0 Å². The van der Waals surface area contributed by atoms with E-state index in [0.29, 0.717) is 34.1 Å². The molecule has 0 radical (unpaired) electrons. The first-order chi connectivity index (χ1) is 16.5. The molecule has 0 aliphatic carbocycles. The molecule has 0 unspecified atom stereocenters. The van der Waals surface area contributed by atoms with Crippen LogP contribution in [0.4, 0.5) is 0 Å². The third-order valence-electron chi connectivity index (χ3n) is 5.20. The van der Waals surface area contributed by atoms with Crippen molar-refractivity contribution in [2.45, 2.75) is 0 Å². The predicted octanol–water partition coefficient (Wildman–Crippen LogP) is 4.56. The monoisotopic (exact) mass is 462 g/mol. The maximum absolute atomic E-state index is 12.9. The minimum atomic E-state index is -0.590. The number of carbonyl (C=O) groups is 2. The van der Waals surface area contributed by atoms with Gasteiger partial charge in [-0.05, 0) is 36.4 Å². The van der Waals surface area contributed by atoms with E-state index >= 15 is 0 Å². The summed E-state index contributed by atoms with van der Waals surface area (Å²) in [7, 11) is 6.02. The maximum atomic E-state index is 12.9. The highest BCUT2D eigenvalue weighted by Crippen LogP contribution is 2.39. The Morgan fingerprint density at radius 1 is 0.794 bits per heavy atom. The van der Waals surface area contributed by atoms with E-state index in [0.717, 1.165) is 0 Å². The molecule has 174 valence electrons. The van der Waals surface area contributed by atoms with Crippen molar-refractivity contribution in [1.82, 2.24) is 0 Å². The minimum Gasteiger partial charge on any atom is -0.496 e. The van der Waals surface area contributed by atoms with Crippen LogP contribution in [-0.4, -0.2) is 40.2 Å². The van der Waals surface area contributed by atoms with Gasteiger partial charge in [0.25, 0.3) is 0 Å². The molecular formula is C26H22O8. The number of hydrogen-bond donors (Lipinski definition) is 0. The molecule has 0 atom stereocenters. The first kappa shape index (κ1) is 22.7. The summed E-state index contributed by atoms with van der Waals surface area (Å²) < 4.78 is 32.5. The average molecular weight is 462 g/mol. The summed E-state index contributed by atoms with van der Waals surface area (Å²) in [4.78, 5) is 25.5. The molecule has 8 nitrogen and oxygen atoms in total. The van der Waals surface area contributed by atoms with Gasteiger partial charge in [-0.25, -0.2) is 4.79 Å². The van der Waals surface area contributed by atoms with E-state index in [-0.39, 0.29) is 28.6 Å². The normalized spacial score (nSPS) is 13.2. The Morgan fingerprint density at radius 2 is 1.47 bits per heavy atom. The Morgan fingerprint density at radius 3 is 2.18 bits per heavy atom. The molecule has 1 aliphatic rings. The third-order valence-corrected chi connectivity index (χ3v) is 5.20. The number of hydrogen-bond acceptors (Lipinski definition) is 8. The lowest BCUT2D eigenvalue weighted by molar-refractivity contribution is 0.0731. The fraction of sp³-hybridized carbons (Fsp3) is 0.154. The van der Waals surface area contributed by atoms with Crippen LogP contribution in [0, 0.1) is 0 Å². The van der Waals surface area contributed by atoms with Crippen LogP contribution >= 0.6 is 0 Å². The average Bonchev–Trinajstić information content (AvgIpc) is 3.17. The molecule has 0 fully saturated rings. The predicted molar refractivity (Wildman–Crippen MR) is 123 cm³/mol. The van der Waals surface area contributed by atoms with Crippen molar-refractivity contribution >= 4 is 17.8 Å². The number of benzene rings is 3. The van der Waals surface area contributed by atoms with Crippen LogP contribution in [0.15, 0.2) is 60.4 Å². The lowest BCUT2D eigenvalue weighted by Crippen LogP contribution is -2.10. The van der Waals surface area contributed by atoms with E-state index < -0.39 is 5.97 Å². The van der Waals surface area contributed by atoms with Gasteiger partial charge in [0.05, 0.1) is 34.0 Å². The Kier molecular flexibility index (Phi) is 6.40. The molecule has 0 aromatic heterocycles.